The van der Waals surface area contributed by atoms with Gasteiger partial charge in [-0.25, -0.2) is 4.79 Å². The average molecular weight is 308 g/mol. The van der Waals surface area contributed by atoms with E-state index in [2.05, 4.69) is 24.2 Å². The minimum absolute atomic E-state index is 0.0728. The molecule has 1 aliphatic heterocycles. The van der Waals surface area contributed by atoms with E-state index in [4.69, 9.17) is 5.11 Å². The molecule has 1 aliphatic rings. The number of nitrogens with one attached hydrogen (secondary N) is 1. The molecule has 0 aliphatic carbocycles. The van der Waals surface area contributed by atoms with Gasteiger partial charge in [0, 0.05) is 23.5 Å². The highest BCUT2D eigenvalue weighted by Crippen LogP contribution is 2.20. The molecule has 2 atom stereocenters. The number of carbonyl (C=O) groups is 2. The van der Waals surface area contributed by atoms with Crippen molar-refractivity contribution in [3.8, 4) is 0 Å². The Hall–Kier alpha value is -1.66. The van der Waals surface area contributed by atoms with Crippen LogP contribution in [0.4, 0.5) is 0 Å². The molecule has 114 valence electrons. The van der Waals surface area contributed by atoms with Gasteiger partial charge in [-0.3, -0.25) is 4.79 Å². The third kappa shape index (κ3) is 4.41. The zero-order valence-corrected chi connectivity index (χ0v) is 13.0. The number of amides is 1. The number of hydrogen-bond acceptors (Lipinski definition) is 4. The van der Waals surface area contributed by atoms with E-state index in [1.54, 1.807) is 12.1 Å². The zero-order chi connectivity index (χ0) is 15.4. The first kappa shape index (κ1) is 15.7. The van der Waals surface area contributed by atoms with Gasteiger partial charge in [0.25, 0.3) is 5.91 Å². The van der Waals surface area contributed by atoms with Crippen molar-refractivity contribution in [3.63, 3.8) is 0 Å². The third-order valence-corrected chi connectivity index (χ3v) is 4.71. The van der Waals surface area contributed by atoms with Crippen LogP contribution in [0.25, 0.3) is 6.08 Å². The molecular formula is C15H20N2O3S. The molecule has 1 amide bonds. The van der Waals surface area contributed by atoms with Gasteiger partial charge in [0.15, 0.2) is 0 Å². The lowest BCUT2D eigenvalue weighted by Crippen LogP contribution is -2.48. The second-order valence-corrected chi connectivity index (χ2v) is 6.60. The number of carboxylic acids is 1. The molecule has 0 spiro atoms. The summed E-state index contributed by atoms with van der Waals surface area (Å²) in [7, 11) is 2.09. The summed E-state index contributed by atoms with van der Waals surface area (Å²) in [6.45, 7) is 4.13. The summed E-state index contributed by atoms with van der Waals surface area (Å²) in [5, 5.41) is 11.7. The maximum atomic E-state index is 12.2. The van der Waals surface area contributed by atoms with E-state index in [-0.39, 0.29) is 11.9 Å². The number of aliphatic carboxylic acids is 1. The summed E-state index contributed by atoms with van der Waals surface area (Å²) >= 11 is 1.30. The Morgan fingerprint density at radius 2 is 2.24 bits per heavy atom. The number of carboxylic acid groups (broad SMARTS) is 1. The molecule has 0 aromatic carbocycles. The van der Waals surface area contributed by atoms with Crippen LogP contribution in [0.5, 0.6) is 0 Å². The topological polar surface area (TPSA) is 69.6 Å². The Morgan fingerprint density at radius 3 is 2.90 bits per heavy atom. The smallest absolute Gasteiger partial charge is 0.328 e. The van der Waals surface area contributed by atoms with Gasteiger partial charge in [-0.2, -0.15) is 0 Å². The average Bonchev–Trinajstić information content (AvgIpc) is 2.88. The van der Waals surface area contributed by atoms with Crippen molar-refractivity contribution < 1.29 is 14.7 Å². The van der Waals surface area contributed by atoms with E-state index >= 15 is 0 Å². The molecular weight excluding hydrogens is 288 g/mol. The molecule has 1 fully saturated rings. The van der Waals surface area contributed by atoms with E-state index in [1.165, 1.54) is 17.4 Å². The van der Waals surface area contributed by atoms with Crippen LogP contribution in [-0.4, -0.2) is 48.1 Å². The highest BCUT2D eigenvalue weighted by Gasteiger charge is 2.26. The van der Waals surface area contributed by atoms with Crippen molar-refractivity contribution in [1.82, 2.24) is 10.2 Å². The lowest BCUT2D eigenvalue weighted by molar-refractivity contribution is -0.131. The van der Waals surface area contributed by atoms with Gasteiger partial charge in [-0.1, -0.05) is 6.92 Å². The molecule has 0 bridgehead atoms. The monoisotopic (exact) mass is 308 g/mol. The maximum Gasteiger partial charge on any atom is 0.328 e. The second-order valence-electron chi connectivity index (χ2n) is 5.48. The minimum Gasteiger partial charge on any atom is -0.478 e. The number of carbonyl (C=O) groups excluding carboxylic acids is 1. The number of rotatable bonds is 4. The first-order chi connectivity index (χ1) is 9.95. The van der Waals surface area contributed by atoms with Gasteiger partial charge < -0.3 is 15.3 Å². The molecule has 2 N–H and O–H groups in total. The van der Waals surface area contributed by atoms with E-state index in [9.17, 15) is 9.59 Å². The fourth-order valence-corrected chi connectivity index (χ4v) is 3.34. The number of thiophene rings is 1. The van der Waals surface area contributed by atoms with Gasteiger partial charge in [-0.15, -0.1) is 11.3 Å². The van der Waals surface area contributed by atoms with E-state index < -0.39 is 5.97 Å². The highest BCUT2D eigenvalue weighted by atomic mass is 32.1. The van der Waals surface area contributed by atoms with Crippen molar-refractivity contribution in [2.45, 2.75) is 19.4 Å². The Morgan fingerprint density at radius 1 is 1.48 bits per heavy atom. The van der Waals surface area contributed by atoms with Gasteiger partial charge in [0.05, 0.1) is 4.88 Å². The molecule has 5 nitrogen and oxygen atoms in total. The molecule has 1 aromatic rings. The minimum atomic E-state index is -0.991. The first-order valence-corrected chi connectivity index (χ1v) is 7.77. The van der Waals surface area contributed by atoms with Crippen LogP contribution in [0, 0.1) is 5.92 Å². The van der Waals surface area contributed by atoms with E-state index in [0.717, 1.165) is 30.5 Å². The molecule has 0 saturated carbocycles. The van der Waals surface area contributed by atoms with Gasteiger partial charge in [-0.05, 0) is 44.1 Å². The van der Waals surface area contributed by atoms with Crippen molar-refractivity contribution >= 4 is 29.3 Å². The second kappa shape index (κ2) is 6.87. The van der Waals surface area contributed by atoms with E-state index in [1.807, 2.05) is 0 Å². The molecule has 2 unspecified atom stereocenters. The van der Waals surface area contributed by atoms with Gasteiger partial charge in [0.2, 0.25) is 0 Å². The number of nitrogens with zero attached hydrogens (tertiary/aromatic N) is 1. The van der Waals surface area contributed by atoms with Crippen molar-refractivity contribution in [2.24, 2.45) is 5.92 Å². The molecule has 2 heterocycles. The summed E-state index contributed by atoms with van der Waals surface area (Å²) in [5.74, 6) is -0.634. The Labute approximate surface area is 128 Å². The lowest BCUT2D eigenvalue weighted by Gasteiger charge is -2.35. The molecule has 2 rings (SSSR count). The Bertz CT molecular complexity index is 553. The van der Waals surface area contributed by atoms with Crippen LogP contribution in [0.1, 0.15) is 27.9 Å². The third-order valence-electron chi connectivity index (χ3n) is 3.67. The van der Waals surface area contributed by atoms with Crippen LogP contribution >= 0.6 is 11.3 Å². The maximum absolute atomic E-state index is 12.2. The highest BCUT2D eigenvalue weighted by molar-refractivity contribution is 7.14. The predicted molar refractivity (Wildman–Crippen MR) is 83.5 cm³/mol. The molecule has 1 aromatic heterocycles. The van der Waals surface area contributed by atoms with Gasteiger partial charge in [0.1, 0.15) is 0 Å². The quantitative estimate of drug-likeness (QED) is 0.834. The Balaban J connectivity index is 1.96. The number of hydrogen-bond donors (Lipinski definition) is 2. The standard InChI is InChI=1S/C15H20N2O3S/c1-10-9-17(2)8-7-12(10)16-15(20)13-5-3-11(21-13)4-6-14(18)19/h3-6,10,12H,7-9H2,1-2H3,(H,16,20)(H,18,19)/b6-4+. The van der Waals surface area contributed by atoms with Crippen molar-refractivity contribution in [1.29, 1.82) is 0 Å². The molecule has 21 heavy (non-hydrogen) atoms. The summed E-state index contributed by atoms with van der Waals surface area (Å²) in [4.78, 5) is 26.4. The first-order valence-electron chi connectivity index (χ1n) is 6.96. The number of likely N-dealkylation sites (tertiary alicyclic amines) is 1. The normalized spacial score (nSPS) is 23.3. The largest absolute Gasteiger partial charge is 0.478 e. The van der Waals surface area contributed by atoms with Crippen LogP contribution in [0.2, 0.25) is 0 Å². The fourth-order valence-electron chi connectivity index (χ4n) is 2.53. The molecule has 0 radical (unpaired) electrons. The van der Waals surface area contributed by atoms with Crippen LogP contribution in [-0.2, 0) is 4.79 Å². The lowest BCUT2D eigenvalue weighted by atomic mass is 9.94. The SMILES string of the molecule is CC1CN(C)CCC1NC(=O)c1ccc(/C=C/C(=O)O)s1. The molecule has 6 heteroatoms. The number of piperidine rings is 1. The van der Waals surface area contributed by atoms with Crippen LogP contribution < -0.4 is 5.32 Å². The summed E-state index contributed by atoms with van der Waals surface area (Å²) < 4.78 is 0. The van der Waals surface area contributed by atoms with Gasteiger partial charge >= 0.3 is 5.97 Å². The zero-order valence-electron chi connectivity index (χ0n) is 12.2. The summed E-state index contributed by atoms with van der Waals surface area (Å²) in [5.41, 5.74) is 0. The fraction of sp³-hybridized carbons (Fsp3) is 0.467. The summed E-state index contributed by atoms with van der Waals surface area (Å²) in [6.07, 6.45) is 3.54. The molecule has 1 saturated heterocycles. The Kier molecular flexibility index (Phi) is 5.14. The predicted octanol–water partition coefficient (Wildman–Crippen LogP) is 1.92. The van der Waals surface area contributed by atoms with Crippen LogP contribution in [0.15, 0.2) is 18.2 Å². The van der Waals surface area contributed by atoms with Crippen molar-refractivity contribution in [3.05, 3.63) is 28.0 Å². The summed E-state index contributed by atoms with van der Waals surface area (Å²) in [6, 6.07) is 3.70. The van der Waals surface area contributed by atoms with E-state index in [0.29, 0.717) is 10.8 Å². The van der Waals surface area contributed by atoms with Crippen LogP contribution in [0.3, 0.4) is 0 Å². The van der Waals surface area contributed by atoms with Crippen molar-refractivity contribution in [2.75, 3.05) is 20.1 Å².